The van der Waals surface area contributed by atoms with Crippen LogP contribution in [0.25, 0.3) is 0 Å². The molecule has 0 saturated carbocycles. The molecule has 0 aromatic carbocycles. The summed E-state index contributed by atoms with van der Waals surface area (Å²) < 4.78 is 0. The van der Waals surface area contributed by atoms with E-state index in [2.05, 4.69) is 34.0 Å². The predicted octanol–water partition coefficient (Wildman–Crippen LogP) is 2.14. The van der Waals surface area contributed by atoms with Gasteiger partial charge in [0.25, 0.3) is 0 Å². The Balaban J connectivity index is 1.81. The Kier molecular flexibility index (Phi) is 3.73. The topological polar surface area (TPSA) is 80.5 Å². The molecule has 0 radical (unpaired) electrons. The van der Waals surface area contributed by atoms with Gasteiger partial charge in [-0.2, -0.15) is 5.10 Å². The third-order valence-electron chi connectivity index (χ3n) is 2.48. The van der Waals surface area contributed by atoms with Crippen LogP contribution in [-0.4, -0.2) is 20.2 Å². The highest BCUT2D eigenvalue weighted by molar-refractivity contribution is 7.13. The monoisotopic (exact) mass is 251 g/mol. The maximum absolute atomic E-state index is 5.58. The third-order valence-corrected chi connectivity index (χ3v) is 3.20. The zero-order valence-corrected chi connectivity index (χ0v) is 10.9. The summed E-state index contributed by atoms with van der Waals surface area (Å²) in [6.45, 7) is 4.18. The van der Waals surface area contributed by atoms with Gasteiger partial charge in [-0.3, -0.25) is 5.10 Å². The van der Waals surface area contributed by atoms with Crippen LogP contribution in [0, 0.1) is 0 Å². The third kappa shape index (κ3) is 3.26. The highest BCUT2D eigenvalue weighted by atomic mass is 32.1. The van der Waals surface area contributed by atoms with Gasteiger partial charge in [0, 0.05) is 17.7 Å². The zero-order valence-electron chi connectivity index (χ0n) is 10.1. The molecule has 0 unspecified atom stereocenters. The lowest BCUT2D eigenvalue weighted by atomic mass is 10.2. The van der Waals surface area contributed by atoms with Crippen LogP contribution in [0.3, 0.4) is 0 Å². The second-order valence-corrected chi connectivity index (χ2v) is 5.22. The summed E-state index contributed by atoms with van der Waals surface area (Å²) in [6.07, 6.45) is 2.85. The molecule has 0 bridgehead atoms. The molecular formula is C11H17N5S. The molecule has 2 rings (SSSR count). The second kappa shape index (κ2) is 5.27. The number of nitrogens with one attached hydrogen (secondary N) is 1. The molecule has 0 aliphatic rings. The molecule has 0 amide bonds. The fourth-order valence-electron chi connectivity index (χ4n) is 1.55. The van der Waals surface area contributed by atoms with E-state index in [0.717, 1.165) is 36.6 Å². The number of aromatic amines is 1. The molecule has 6 heteroatoms. The van der Waals surface area contributed by atoms with Crippen molar-refractivity contribution < 1.29 is 0 Å². The van der Waals surface area contributed by atoms with Gasteiger partial charge in [-0.1, -0.05) is 13.8 Å². The first-order valence-electron chi connectivity index (χ1n) is 5.76. The smallest absolute Gasteiger partial charge is 0.180 e. The van der Waals surface area contributed by atoms with Gasteiger partial charge in [0.2, 0.25) is 0 Å². The largest absolute Gasteiger partial charge is 0.375 e. The van der Waals surface area contributed by atoms with Crippen LogP contribution in [0.15, 0.2) is 5.38 Å². The molecule has 3 N–H and O–H groups in total. The van der Waals surface area contributed by atoms with Gasteiger partial charge < -0.3 is 5.73 Å². The summed E-state index contributed by atoms with van der Waals surface area (Å²) in [7, 11) is 0. The molecular weight excluding hydrogens is 234 g/mol. The van der Waals surface area contributed by atoms with E-state index in [4.69, 9.17) is 5.73 Å². The van der Waals surface area contributed by atoms with E-state index in [1.54, 1.807) is 0 Å². The van der Waals surface area contributed by atoms with E-state index in [0.29, 0.717) is 11.0 Å². The molecule has 0 fully saturated rings. The number of hydrogen-bond donors (Lipinski definition) is 2. The number of nitrogen functional groups attached to an aromatic ring is 1. The number of anilines is 1. The molecule has 2 aromatic rings. The van der Waals surface area contributed by atoms with Gasteiger partial charge >= 0.3 is 0 Å². The summed E-state index contributed by atoms with van der Waals surface area (Å²) in [4.78, 5) is 8.66. The number of aryl methyl sites for hydroxylation is 2. The number of rotatable bonds is 5. The zero-order chi connectivity index (χ0) is 12.3. The van der Waals surface area contributed by atoms with Crippen molar-refractivity contribution in [1.82, 2.24) is 20.2 Å². The van der Waals surface area contributed by atoms with Crippen molar-refractivity contribution in [2.75, 3.05) is 5.73 Å². The molecule has 5 nitrogen and oxygen atoms in total. The Morgan fingerprint density at radius 1 is 1.35 bits per heavy atom. The Hall–Kier alpha value is -1.43. The average molecular weight is 251 g/mol. The molecule has 17 heavy (non-hydrogen) atoms. The van der Waals surface area contributed by atoms with E-state index in [9.17, 15) is 0 Å². The quantitative estimate of drug-likeness (QED) is 0.853. The van der Waals surface area contributed by atoms with E-state index in [1.807, 2.05) is 5.38 Å². The fraction of sp³-hybridized carbons (Fsp3) is 0.545. The van der Waals surface area contributed by atoms with Crippen LogP contribution in [0.2, 0.25) is 0 Å². The van der Waals surface area contributed by atoms with E-state index < -0.39 is 0 Å². The van der Waals surface area contributed by atoms with Crippen molar-refractivity contribution in [3.63, 3.8) is 0 Å². The van der Waals surface area contributed by atoms with Gasteiger partial charge in [0.15, 0.2) is 11.0 Å². The SMILES string of the molecule is CC(C)c1n[nH]c(CCCc2csc(N)n2)n1. The standard InChI is InChI=1S/C11H17N5S/c1-7(2)10-14-9(15-16-10)5-3-4-8-6-17-11(12)13-8/h6-7H,3-5H2,1-2H3,(H2,12,13)(H,14,15,16). The highest BCUT2D eigenvalue weighted by Gasteiger charge is 2.07. The van der Waals surface area contributed by atoms with Crippen LogP contribution in [0.1, 0.15) is 43.5 Å². The van der Waals surface area contributed by atoms with Crippen molar-refractivity contribution in [2.45, 2.75) is 39.0 Å². The van der Waals surface area contributed by atoms with Crippen molar-refractivity contribution in [3.8, 4) is 0 Å². The summed E-state index contributed by atoms with van der Waals surface area (Å²) >= 11 is 1.49. The average Bonchev–Trinajstić information content (AvgIpc) is 2.88. The molecule has 0 aliphatic heterocycles. The second-order valence-electron chi connectivity index (χ2n) is 4.33. The van der Waals surface area contributed by atoms with Gasteiger partial charge in [-0.15, -0.1) is 11.3 Å². The Labute approximate surface area is 104 Å². The van der Waals surface area contributed by atoms with Crippen molar-refractivity contribution in [2.24, 2.45) is 0 Å². The number of aromatic nitrogens is 4. The van der Waals surface area contributed by atoms with E-state index in [-0.39, 0.29) is 0 Å². The van der Waals surface area contributed by atoms with E-state index in [1.165, 1.54) is 11.3 Å². The first kappa shape index (κ1) is 12.0. The lowest BCUT2D eigenvalue weighted by Crippen LogP contribution is -1.94. The van der Waals surface area contributed by atoms with Gasteiger partial charge in [-0.25, -0.2) is 9.97 Å². The Morgan fingerprint density at radius 2 is 2.18 bits per heavy atom. The lowest BCUT2D eigenvalue weighted by molar-refractivity contribution is 0.760. The Morgan fingerprint density at radius 3 is 2.76 bits per heavy atom. The van der Waals surface area contributed by atoms with Crippen LogP contribution < -0.4 is 5.73 Å². The van der Waals surface area contributed by atoms with Gasteiger partial charge in [-0.05, 0) is 12.8 Å². The lowest BCUT2D eigenvalue weighted by Gasteiger charge is -1.96. The number of H-pyrrole nitrogens is 1. The van der Waals surface area contributed by atoms with Crippen molar-refractivity contribution in [1.29, 1.82) is 0 Å². The minimum Gasteiger partial charge on any atom is -0.375 e. The maximum Gasteiger partial charge on any atom is 0.180 e. The summed E-state index contributed by atoms with van der Waals surface area (Å²) in [5.41, 5.74) is 6.64. The predicted molar refractivity (Wildman–Crippen MR) is 69.0 cm³/mol. The van der Waals surface area contributed by atoms with Crippen LogP contribution in [-0.2, 0) is 12.8 Å². The summed E-state index contributed by atoms with van der Waals surface area (Å²) in [5, 5.41) is 9.80. The first-order valence-corrected chi connectivity index (χ1v) is 6.64. The number of nitrogens with zero attached hydrogens (tertiary/aromatic N) is 3. The molecule has 0 atom stereocenters. The highest BCUT2D eigenvalue weighted by Crippen LogP contribution is 2.14. The molecule has 2 heterocycles. The van der Waals surface area contributed by atoms with Gasteiger partial charge in [0.1, 0.15) is 5.82 Å². The molecule has 0 spiro atoms. The fourth-order valence-corrected chi connectivity index (χ4v) is 2.15. The minimum absolute atomic E-state index is 0.373. The van der Waals surface area contributed by atoms with Crippen LogP contribution in [0.5, 0.6) is 0 Å². The first-order chi connectivity index (χ1) is 8.15. The minimum atomic E-state index is 0.373. The normalized spacial score (nSPS) is 11.2. The molecule has 0 saturated heterocycles. The summed E-state index contributed by atoms with van der Waals surface area (Å²) in [5.74, 6) is 2.22. The molecule has 92 valence electrons. The van der Waals surface area contributed by atoms with Crippen LogP contribution in [0.4, 0.5) is 5.13 Å². The Bertz CT molecular complexity index is 474. The van der Waals surface area contributed by atoms with Gasteiger partial charge in [0.05, 0.1) is 5.69 Å². The van der Waals surface area contributed by atoms with E-state index >= 15 is 0 Å². The van der Waals surface area contributed by atoms with Crippen LogP contribution >= 0.6 is 11.3 Å². The number of hydrogen-bond acceptors (Lipinski definition) is 5. The number of thiazole rings is 1. The van der Waals surface area contributed by atoms with Crippen molar-refractivity contribution >= 4 is 16.5 Å². The molecule has 2 aromatic heterocycles. The number of nitrogens with two attached hydrogens (primary N) is 1. The maximum atomic E-state index is 5.58. The van der Waals surface area contributed by atoms with Crippen molar-refractivity contribution in [3.05, 3.63) is 22.7 Å². The summed E-state index contributed by atoms with van der Waals surface area (Å²) in [6, 6.07) is 0. The molecule has 0 aliphatic carbocycles.